The smallest absolute Gasteiger partial charge is 0.417 e. The minimum absolute atomic E-state index is 0.0339. The summed E-state index contributed by atoms with van der Waals surface area (Å²) < 4.78 is 36.9. The van der Waals surface area contributed by atoms with Crippen LogP contribution in [0.25, 0.3) is 0 Å². The average Bonchev–Trinajstić information content (AvgIpc) is 3.08. The molecule has 0 saturated heterocycles. The van der Waals surface area contributed by atoms with Gasteiger partial charge in [-0.25, -0.2) is 9.78 Å². The zero-order chi connectivity index (χ0) is 13.3. The molecule has 18 heavy (non-hydrogen) atoms. The first kappa shape index (κ1) is 12.7. The number of nitrogens with zero attached hydrogens (tertiary/aromatic N) is 1. The van der Waals surface area contributed by atoms with Crippen LogP contribution in [0.3, 0.4) is 0 Å². The third kappa shape index (κ3) is 2.91. The van der Waals surface area contributed by atoms with Crippen LogP contribution < -0.4 is 5.32 Å². The van der Waals surface area contributed by atoms with Gasteiger partial charge in [0.15, 0.2) is 0 Å². The van der Waals surface area contributed by atoms with Gasteiger partial charge in [-0.3, -0.25) is 0 Å². The molecule has 1 aromatic rings. The predicted octanol–water partition coefficient (Wildman–Crippen LogP) is 2.38. The van der Waals surface area contributed by atoms with Crippen LogP contribution in [0.4, 0.5) is 19.0 Å². The summed E-state index contributed by atoms with van der Waals surface area (Å²) >= 11 is 0. The normalized spacial score (nSPS) is 17.3. The van der Waals surface area contributed by atoms with Gasteiger partial charge in [0, 0.05) is 6.20 Å². The molecule has 1 fully saturated rings. The summed E-state index contributed by atoms with van der Waals surface area (Å²) in [5, 5.41) is 11.6. The van der Waals surface area contributed by atoms with Crippen molar-refractivity contribution in [2.75, 3.05) is 5.32 Å². The lowest BCUT2D eigenvalue weighted by Gasteiger charge is -2.14. The molecular weight excluding hydrogens is 249 g/mol. The largest absolute Gasteiger partial charge is 0.480 e. The lowest BCUT2D eigenvalue weighted by atomic mass is 10.2. The quantitative estimate of drug-likeness (QED) is 0.872. The molecule has 0 radical (unpaired) electrons. The van der Waals surface area contributed by atoms with Crippen molar-refractivity contribution in [1.29, 1.82) is 0 Å². The Labute approximate surface area is 101 Å². The van der Waals surface area contributed by atoms with Crippen molar-refractivity contribution >= 4 is 11.8 Å². The van der Waals surface area contributed by atoms with Crippen molar-refractivity contribution in [1.82, 2.24) is 4.98 Å². The van der Waals surface area contributed by atoms with Crippen molar-refractivity contribution in [2.24, 2.45) is 5.92 Å². The fourth-order valence-electron chi connectivity index (χ4n) is 1.62. The van der Waals surface area contributed by atoms with Crippen molar-refractivity contribution < 1.29 is 23.1 Å². The molecule has 1 atom stereocenters. The fourth-order valence-corrected chi connectivity index (χ4v) is 1.62. The first-order valence-corrected chi connectivity index (χ1v) is 5.40. The Hall–Kier alpha value is -1.79. The summed E-state index contributed by atoms with van der Waals surface area (Å²) in [7, 11) is 0. The fraction of sp³-hybridized carbons (Fsp3) is 0.455. The van der Waals surface area contributed by atoms with E-state index in [2.05, 4.69) is 10.3 Å². The van der Waals surface area contributed by atoms with Gasteiger partial charge in [-0.1, -0.05) is 0 Å². The van der Waals surface area contributed by atoms with Gasteiger partial charge >= 0.3 is 12.1 Å². The van der Waals surface area contributed by atoms with Crippen LogP contribution >= 0.6 is 0 Å². The van der Waals surface area contributed by atoms with E-state index in [0.29, 0.717) is 6.20 Å². The number of halogens is 3. The highest BCUT2D eigenvalue weighted by molar-refractivity contribution is 5.77. The lowest BCUT2D eigenvalue weighted by Crippen LogP contribution is -2.31. The van der Waals surface area contributed by atoms with Crippen LogP contribution in [0.15, 0.2) is 18.3 Å². The summed E-state index contributed by atoms with van der Waals surface area (Å²) in [5.41, 5.74) is -0.855. The minimum atomic E-state index is -4.44. The van der Waals surface area contributed by atoms with Crippen molar-refractivity contribution in [3.05, 3.63) is 23.9 Å². The molecule has 2 rings (SSSR count). The summed E-state index contributed by atoms with van der Waals surface area (Å²) in [6.07, 6.45) is -2.13. The van der Waals surface area contributed by atoms with Gasteiger partial charge in [-0.2, -0.15) is 13.2 Å². The summed E-state index contributed by atoms with van der Waals surface area (Å²) in [4.78, 5) is 14.5. The maximum atomic E-state index is 12.3. The predicted molar refractivity (Wildman–Crippen MR) is 57.0 cm³/mol. The van der Waals surface area contributed by atoms with E-state index in [1.54, 1.807) is 0 Å². The molecular formula is C11H11F3N2O2. The Morgan fingerprint density at radius 3 is 2.50 bits per heavy atom. The molecule has 1 aromatic heterocycles. The molecule has 98 valence electrons. The van der Waals surface area contributed by atoms with E-state index < -0.39 is 23.8 Å². The molecule has 0 spiro atoms. The van der Waals surface area contributed by atoms with E-state index in [9.17, 15) is 18.0 Å². The third-order valence-corrected chi connectivity index (χ3v) is 2.75. The number of hydrogen-bond acceptors (Lipinski definition) is 3. The first-order chi connectivity index (χ1) is 8.38. The monoisotopic (exact) mass is 260 g/mol. The van der Waals surface area contributed by atoms with E-state index in [-0.39, 0.29) is 11.7 Å². The van der Waals surface area contributed by atoms with Gasteiger partial charge in [0.25, 0.3) is 0 Å². The lowest BCUT2D eigenvalue weighted by molar-refractivity contribution is -0.139. The molecule has 1 saturated carbocycles. The van der Waals surface area contributed by atoms with E-state index in [4.69, 9.17) is 5.11 Å². The molecule has 0 bridgehead atoms. The number of pyridine rings is 1. The Kier molecular flexibility index (Phi) is 3.14. The maximum absolute atomic E-state index is 12.3. The molecule has 7 heteroatoms. The SMILES string of the molecule is O=C(O)C(Nc1ccc(C(F)(F)F)cn1)C1CC1. The van der Waals surface area contributed by atoms with Crippen molar-refractivity contribution in [3.63, 3.8) is 0 Å². The van der Waals surface area contributed by atoms with Gasteiger partial charge in [-0.15, -0.1) is 0 Å². The average molecular weight is 260 g/mol. The summed E-state index contributed by atoms with van der Waals surface area (Å²) in [5.74, 6) is -0.840. The number of aromatic nitrogens is 1. The summed E-state index contributed by atoms with van der Waals surface area (Å²) in [6, 6.07) is 1.23. The second-order valence-electron chi connectivity index (χ2n) is 4.23. The molecule has 0 aromatic carbocycles. The zero-order valence-corrected chi connectivity index (χ0v) is 9.24. The Bertz CT molecular complexity index is 441. The van der Waals surface area contributed by atoms with Gasteiger partial charge in [0.05, 0.1) is 5.56 Å². The molecule has 1 unspecified atom stereocenters. The first-order valence-electron chi connectivity index (χ1n) is 5.40. The number of aliphatic carboxylic acids is 1. The second-order valence-corrected chi connectivity index (χ2v) is 4.23. The Morgan fingerprint density at radius 1 is 1.44 bits per heavy atom. The molecule has 1 aliphatic carbocycles. The number of anilines is 1. The van der Waals surface area contributed by atoms with Crippen LogP contribution in [-0.4, -0.2) is 22.1 Å². The molecule has 1 aliphatic rings. The maximum Gasteiger partial charge on any atom is 0.417 e. The third-order valence-electron chi connectivity index (χ3n) is 2.75. The minimum Gasteiger partial charge on any atom is -0.480 e. The van der Waals surface area contributed by atoms with Crippen LogP contribution in [0.1, 0.15) is 18.4 Å². The van der Waals surface area contributed by atoms with Crippen LogP contribution in [-0.2, 0) is 11.0 Å². The molecule has 0 amide bonds. The van der Waals surface area contributed by atoms with Gasteiger partial charge in [0.1, 0.15) is 11.9 Å². The van der Waals surface area contributed by atoms with E-state index in [0.717, 1.165) is 25.0 Å². The van der Waals surface area contributed by atoms with E-state index in [1.165, 1.54) is 0 Å². The van der Waals surface area contributed by atoms with Crippen LogP contribution in [0.5, 0.6) is 0 Å². The summed E-state index contributed by atoms with van der Waals surface area (Å²) in [6.45, 7) is 0. The molecule has 4 nitrogen and oxygen atoms in total. The second kappa shape index (κ2) is 4.47. The van der Waals surface area contributed by atoms with Gasteiger partial charge < -0.3 is 10.4 Å². The van der Waals surface area contributed by atoms with Crippen LogP contribution in [0, 0.1) is 5.92 Å². The Balaban J connectivity index is 2.07. The van der Waals surface area contributed by atoms with E-state index in [1.807, 2.05) is 0 Å². The Morgan fingerprint density at radius 2 is 2.11 bits per heavy atom. The van der Waals surface area contributed by atoms with Crippen LogP contribution in [0.2, 0.25) is 0 Å². The van der Waals surface area contributed by atoms with Crippen molar-refractivity contribution in [2.45, 2.75) is 25.1 Å². The molecule has 2 N–H and O–H groups in total. The number of carboxylic acid groups (broad SMARTS) is 1. The number of nitrogens with one attached hydrogen (secondary N) is 1. The van der Waals surface area contributed by atoms with Gasteiger partial charge in [-0.05, 0) is 30.9 Å². The number of carbonyl (C=O) groups is 1. The number of alkyl halides is 3. The highest BCUT2D eigenvalue weighted by Crippen LogP contribution is 2.34. The highest BCUT2D eigenvalue weighted by atomic mass is 19.4. The number of carboxylic acids is 1. The van der Waals surface area contributed by atoms with Gasteiger partial charge in [0.2, 0.25) is 0 Å². The molecule has 1 heterocycles. The topological polar surface area (TPSA) is 62.2 Å². The van der Waals surface area contributed by atoms with Crippen molar-refractivity contribution in [3.8, 4) is 0 Å². The van der Waals surface area contributed by atoms with E-state index >= 15 is 0 Å². The highest BCUT2D eigenvalue weighted by Gasteiger charge is 2.36. The number of rotatable bonds is 4. The number of hydrogen-bond donors (Lipinski definition) is 2. The molecule has 0 aliphatic heterocycles. The standard InChI is InChI=1S/C11H11F3N2O2/c12-11(13,14)7-3-4-8(15-5-7)16-9(10(17)18)6-1-2-6/h3-6,9H,1-2H2,(H,15,16)(H,17,18). The zero-order valence-electron chi connectivity index (χ0n) is 9.24.